The van der Waals surface area contributed by atoms with Crippen LogP contribution < -0.4 is 15.8 Å². The summed E-state index contributed by atoms with van der Waals surface area (Å²) in [5.74, 6) is 1.19. The van der Waals surface area contributed by atoms with Crippen LogP contribution >= 0.6 is 0 Å². The molecule has 0 fully saturated rings. The SMILES string of the molecule is CCOC[N+]1=Nc2c(N)nc3cccc(OCCCCNC(C)=O)c3c2C1C. The number of fused-ring (bicyclic) bond motifs is 3. The number of pyridine rings is 1. The maximum atomic E-state index is 10.9. The van der Waals surface area contributed by atoms with Crippen molar-refractivity contribution in [3.05, 3.63) is 23.8 Å². The number of anilines is 1. The number of nitrogen functional groups attached to an aromatic ring is 1. The zero-order chi connectivity index (χ0) is 20.1. The van der Waals surface area contributed by atoms with Gasteiger partial charge >= 0.3 is 0 Å². The second kappa shape index (κ2) is 8.97. The van der Waals surface area contributed by atoms with Crippen molar-refractivity contribution >= 4 is 28.3 Å². The van der Waals surface area contributed by atoms with Gasteiger partial charge in [-0.25, -0.2) is 4.98 Å². The smallest absolute Gasteiger partial charge is 0.273 e. The number of aromatic nitrogens is 1. The standard InChI is InChI=1S/C20H27N5O3/c1-4-27-12-25-13(2)17-18-15(23-20(21)19(17)24-25)8-7-9-16(18)28-11-6-5-10-22-14(3)26/h7-9,13,21H,4-6,10-12H2,1-3H3,(H,22,26)/p+1. The Kier molecular flexibility index (Phi) is 6.41. The van der Waals surface area contributed by atoms with Crippen LogP contribution in [0.2, 0.25) is 0 Å². The van der Waals surface area contributed by atoms with Crippen molar-refractivity contribution in [2.75, 3.05) is 32.2 Å². The average Bonchev–Trinajstić information content (AvgIpc) is 3.00. The Morgan fingerprint density at radius 1 is 1.36 bits per heavy atom. The van der Waals surface area contributed by atoms with Crippen LogP contribution in [-0.4, -0.2) is 42.1 Å². The van der Waals surface area contributed by atoms with Gasteiger partial charge in [-0.3, -0.25) is 4.79 Å². The number of rotatable bonds is 9. The number of hydrogen-bond donors (Lipinski definition) is 2. The predicted molar refractivity (Wildman–Crippen MR) is 107 cm³/mol. The normalized spacial score (nSPS) is 15.4. The number of amides is 1. The first-order valence-corrected chi connectivity index (χ1v) is 9.68. The molecule has 1 amide bonds. The number of nitrogens with two attached hydrogens (primary N) is 1. The molecule has 0 saturated heterocycles. The van der Waals surface area contributed by atoms with Crippen LogP contribution in [0.5, 0.6) is 5.75 Å². The maximum Gasteiger partial charge on any atom is 0.273 e. The predicted octanol–water partition coefficient (Wildman–Crippen LogP) is 3.28. The third-order valence-corrected chi connectivity index (χ3v) is 4.74. The highest BCUT2D eigenvalue weighted by atomic mass is 16.5. The molecule has 0 aliphatic carbocycles. The van der Waals surface area contributed by atoms with E-state index in [0.717, 1.165) is 35.1 Å². The summed E-state index contributed by atoms with van der Waals surface area (Å²) in [5.41, 5.74) is 8.69. The first-order chi connectivity index (χ1) is 13.5. The molecule has 1 unspecified atom stereocenters. The van der Waals surface area contributed by atoms with Crippen LogP contribution in [0.1, 0.15) is 45.2 Å². The third-order valence-electron chi connectivity index (χ3n) is 4.74. The minimum absolute atomic E-state index is 0.0106. The maximum absolute atomic E-state index is 10.9. The van der Waals surface area contributed by atoms with E-state index >= 15 is 0 Å². The Morgan fingerprint density at radius 3 is 2.93 bits per heavy atom. The van der Waals surface area contributed by atoms with Crippen LogP contribution in [0.3, 0.4) is 0 Å². The van der Waals surface area contributed by atoms with Crippen molar-refractivity contribution in [3.63, 3.8) is 0 Å². The van der Waals surface area contributed by atoms with Gasteiger partial charge in [0, 0.05) is 25.5 Å². The molecule has 1 aromatic carbocycles. The number of azo groups is 2. The molecule has 1 aliphatic heterocycles. The lowest BCUT2D eigenvalue weighted by Gasteiger charge is -2.13. The van der Waals surface area contributed by atoms with Crippen LogP contribution in [0.4, 0.5) is 11.5 Å². The fraction of sp³-hybridized carbons (Fsp3) is 0.500. The van der Waals surface area contributed by atoms with E-state index in [2.05, 4.69) is 22.3 Å². The monoisotopic (exact) mass is 386 g/mol. The van der Waals surface area contributed by atoms with Gasteiger partial charge in [-0.15, -0.1) is 0 Å². The quantitative estimate of drug-likeness (QED) is 0.509. The summed E-state index contributed by atoms with van der Waals surface area (Å²) in [7, 11) is 0. The van der Waals surface area contributed by atoms with Crippen molar-refractivity contribution in [1.29, 1.82) is 0 Å². The number of hydrogen-bond acceptors (Lipinski definition) is 6. The number of ether oxygens (including phenoxy) is 2. The van der Waals surface area contributed by atoms with E-state index in [1.54, 1.807) is 0 Å². The summed E-state index contributed by atoms with van der Waals surface area (Å²) in [6, 6.07) is 5.82. The van der Waals surface area contributed by atoms with Gasteiger partial charge in [0.1, 0.15) is 5.75 Å². The fourth-order valence-electron chi connectivity index (χ4n) is 3.32. The molecule has 2 heterocycles. The van der Waals surface area contributed by atoms with E-state index in [0.29, 0.717) is 38.0 Å². The van der Waals surface area contributed by atoms with E-state index < -0.39 is 0 Å². The second-order valence-electron chi connectivity index (χ2n) is 6.79. The lowest BCUT2D eigenvalue weighted by Crippen LogP contribution is -2.21. The van der Waals surface area contributed by atoms with Crippen LogP contribution in [0, 0.1) is 0 Å². The van der Waals surface area contributed by atoms with Gasteiger partial charge in [0.2, 0.25) is 11.9 Å². The fourth-order valence-corrected chi connectivity index (χ4v) is 3.32. The van der Waals surface area contributed by atoms with Gasteiger partial charge in [0.05, 0.1) is 29.7 Å². The minimum Gasteiger partial charge on any atom is -0.493 e. The zero-order valence-electron chi connectivity index (χ0n) is 16.7. The molecule has 0 saturated carbocycles. The third kappa shape index (κ3) is 4.22. The molecular formula is C20H28N5O3+. The molecule has 3 N–H and O–H groups in total. The van der Waals surface area contributed by atoms with Crippen molar-refractivity contribution in [1.82, 2.24) is 10.3 Å². The summed E-state index contributed by atoms with van der Waals surface area (Å²) in [5, 5.41) is 8.36. The molecule has 0 spiro atoms. The number of benzene rings is 1. The van der Waals surface area contributed by atoms with Gasteiger partial charge in [0.25, 0.3) is 6.73 Å². The number of nitrogens with one attached hydrogen (secondary N) is 1. The molecule has 2 aromatic rings. The average molecular weight is 386 g/mol. The molecule has 0 bridgehead atoms. The van der Waals surface area contributed by atoms with Crippen molar-refractivity contribution in [2.45, 2.75) is 39.7 Å². The highest BCUT2D eigenvalue weighted by Crippen LogP contribution is 2.45. The molecule has 1 aromatic heterocycles. The Hall–Kier alpha value is -2.74. The Balaban J connectivity index is 1.81. The molecule has 0 radical (unpaired) electrons. The Labute approximate surface area is 164 Å². The summed E-state index contributed by atoms with van der Waals surface area (Å²) in [6.45, 7) is 7.80. The second-order valence-corrected chi connectivity index (χ2v) is 6.79. The van der Waals surface area contributed by atoms with Gasteiger partial charge in [0.15, 0.2) is 11.5 Å². The number of carbonyl (C=O) groups excluding carboxylic acids is 1. The van der Waals surface area contributed by atoms with Crippen LogP contribution in [0.25, 0.3) is 10.9 Å². The molecule has 8 nitrogen and oxygen atoms in total. The lowest BCUT2D eigenvalue weighted by molar-refractivity contribution is -0.652. The summed E-state index contributed by atoms with van der Waals surface area (Å²) in [4.78, 5) is 15.4. The van der Waals surface area contributed by atoms with Crippen molar-refractivity contribution < 1.29 is 19.0 Å². The van der Waals surface area contributed by atoms with Gasteiger partial charge < -0.3 is 20.5 Å². The topological polar surface area (TPSA) is 102 Å². The zero-order valence-corrected chi connectivity index (χ0v) is 16.7. The van der Waals surface area contributed by atoms with E-state index in [9.17, 15) is 4.79 Å². The molecule has 1 atom stereocenters. The van der Waals surface area contributed by atoms with E-state index in [4.69, 9.17) is 15.2 Å². The molecule has 28 heavy (non-hydrogen) atoms. The number of unbranched alkanes of at least 4 members (excludes halogenated alkanes) is 1. The Morgan fingerprint density at radius 2 is 2.18 bits per heavy atom. The number of nitrogens with zero attached hydrogens (tertiary/aromatic N) is 3. The lowest BCUT2D eigenvalue weighted by atomic mass is 10.0. The Bertz CT molecular complexity index is 897. The van der Waals surface area contributed by atoms with Crippen LogP contribution in [0.15, 0.2) is 23.3 Å². The van der Waals surface area contributed by atoms with Crippen LogP contribution in [-0.2, 0) is 9.53 Å². The summed E-state index contributed by atoms with van der Waals surface area (Å²) in [6.07, 6.45) is 1.71. The van der Waals surface area contributed by atoms with E-state index in [1.807, 2.05) is 29.8 Å². The highest BCUT2D eigenvalue weighted by molar-refractivity contribution is 5.95. The molecular weight excluding hydrogens is 358 g/mol. The minimum atomic E-state index is -0.0106. The summed E-state index contributed by atoms with van der Waals surface area (Å²) < 4.78 is 13.5. The summed E-state index contributed by atoms with van der Waals surface area (Å²) >= 11 is 0. The van der Waals surface area contributed by atoms with E-state index in [1.165, 1.54) is 6.92 Å². The molecule has 8 heteroatoms. The molecule has 150 valence electrons. The van der Waals surface area contributed by atoms with Crippen molar-refractivity contribution in [3.8, 4) is 5.75 Å². The molecule has 1 aliphatic rings. The first kappa shape index (κ1) is 20.0. The largest absolute Gasteiger partial charge is 0.493 e. The van der Waals surface area contributed by atoms with E-state index in [-0.39, 0.29) is 11.9 Å². The van der Waals surface area contributed by atoms with Crippen molar-refractivity contribution in [2.24, 2.45) is 5.11 Å². The first-order valence-electron chi connectivity index (χ1n) is 9.68. The highest BCUT2D eigenvalue weighted by Gasteiger charge is 2.36. The van der Waals surface area contributed by atoms with Gasteiger partial charge in [-0.2, -0.15) is 0 Å². The molecule has 3 rings (SSSR count). The number of carbonyl (C=O) groups is 1. The van der Waals surface area contributed by atoms with Gasteiger partial charge in [-0.05, 0) is 31.9 Å². The van der Waals surface area contributed by atoms with Gasteiger partial charge in [-0.1, -0.05) is 10.8 Å².